The topological polar surface area (TPSA) is 64.6 Å². The van der Waals surface area contributed by atoms with Gasteiger partial charge in [-0.15, -0.1) is 0 Å². The van der Waals surface area contributed by atoms with Crippen LogP contribution in [0.4, 0.5) is 4.79 Å². The summed E-state index contributed by atoms with van der Waals surface area (Å²) in [5.74, 6) is 1.10. The summed E-state index contributed by atoms with van der Waals surface area (Å²) in [5.41, 5.74) is 0. The van der Waals surface area contributed by atoms with Crippen molar-refractivity contribution in [3.8, 4) is 0 Å². The lowest BCUT2D eigenvalue weighted by Crippen LogP contribution is -2.45. The Morgan fingerprint density at radius 2 is 1.75 bits per heavy atom. The van der Waals surface area contributed by atoms with Gasteiger partial charge in [-0.1, -0.05) is 73.1 Å². The molecule has 1 aliphatic carbocycles. The minimum Gasteiger partial charge on any atom is -0.464 e. The fourth-order valence-electron chi connectivity index (χ4n) is 4.08. The molecule has 0 bridgehead atoms. The van der Waals surface area contributed by atoms with E-state index in [1.807, 2.05) is 6.92 Å². The fourth-order valence-corrected chi connectivity index (χ4v) is 4.08. The van der Waals surface area contributed by atoms with E-state index in [9.17, 15) is 9.59 Å². The maximum atomic E-state index is 12.5. The van der Waals surface area contributed by atoms with E-state index in [2.05, 4.69) is 33.0 Å². The van der Waals surface area contributed by atoms with E-state index in [1.165, 1.54) is 25.7 Å². The van der Waals surface area contributed by atoms with Crippen LogP contribution in [0.1, 0.15) is 98.8 Å². The van der Waals surface area contributed by atoms with E-state index < -0.39 is 12.1 Å². The number of esters is 1. The number of ether oxygens (including phenoxy) is 2. The lowest BCUT2D eigenvalue weighted by atomic mass is 9.75. The Bertz CT molecular complexity index is 452. The van der Waals surface area contributed by atoms with Crippen LogP contribution in [-0.4, -0.2) is 30.8 Å². The number of nitrogens with one attached hydrogen (secondary N) is 1. The van der Waals surface area contributed by atoms with E-state index in [0.29, 0.717) is 30.8 Å². The summed E-state index contributed by atoms with van der Waals surface area (Å²) in [6, 6.07) is -0.619. The summed E-state index contributed by atoms with van der Waals surface area (Å²) in [6.07, 6.45) is 9.54. The Labute approximate surface area is 172 Å². The van der Waals surface area contributed by atoms with Gasteiger partial charge in [-0.3, -0.25) is 0 Å². The third-order valence-corrected chi connectivity index (χ3v) is 5.87. The third kappa shape index (κ3) is 9.29. The molecule has 1 saturated carbocycles. The number of amides is 1. The molecule has 0 saturated heterocycles. The molecule has 5 nitrogen and oxygen atoms in total. The molecule has 4 atom stereocenters. The Kier molecular flexibility index (Phi) is 12.2. The molecule has 4 unspecified atom stereocenters. The van der Waals surface area contributed by atoms with Crippen molar-refractivity contribution >= 4 is 12.1 Å². The van der Waals surface area contributed by atoms with Crippen molar-refractivity contribution in [1.82, 2.24) is 5.32 Å². The first kappa shape index (κ1) is 24.8. The third-order valence-electron chi connectivity index (χ3n) is 5.87. The highest BCUT2D eigenvalue weighted by Gasteiger charge is 2.34. The first-order valence-electron chi connectivity index (χ1n) is 11.5. The number of carbonyl (C=O) groups is 2. The predicted molar refractivity (Wildman–Crippen MR) is 113 cm³/mol. The van der Waals surface area contributed by atoms with E-state index in [1.54, 1.807) is 0 Å². The van der Waals surface area contributed by atoms with Gasteiger partial charge in [0.15, 0.2) is 0 Å². The SMILES string of the molecule is CCCCCCCOC(=O)C(CCC)NC(=O)OC1CC(C)CCC1C(C)C. The number of alkyl carbamates (subject to hydrolysis) is 1. The minimum absolute atomic E-state index is 0.0689. The van der Waals surface area contributed by atoms with Crippen LogP contribution in [0.25, 0.3) is 0 Å². The van der Waals surface area contributed by atoms with Gasteiger partial charge >= 0.3 is 12.1 Å². The molecular formula is C23H43NO4. The predicted octanol–water partition coefficient (Wildman–Crippen LogP) is 5.86. The second-order valence-corrected chi connectivity index (χ2v) is 8.84. The van der Waals surface area contributed by atoms with Crippen LogP contribution in [0, 0.1) is 17.8 Å². The van der Waals surface area contributed by atoms with Gasteiger partial charge in [0.1, 0.15) is 12.1 Å². The van der Waals surface area contributed by atoms with Crippen molar-refractivity contribution in [2.45, 2.75) is 111 Å². The first-order chi connectivity index (χ1) is 13.4. The van der Waals surface area contributed by atoms with E-state index in [4.69, 9.17) is 9.47 Å². The molecule has 1 rings (SSSR count). The van der Waals surface area contributed by atoms with Crippen LogP contribution in [0.15, 0.2) is 0 Å². The summed E-state index contributed by atoms with van der Waals surface area (Å²) >= 11 is 0. The molecule has 0 spiro atoms. The van der Waals surface area contributed by atoms with Gasteiger partial charge < -0.3 is 14.8 Å². The zero-order chi connectivity index (χ0) is 20.9. The molecule has 0 aromatic heterocycles. The Morgan fingerprint density at radius 1 is 1.04 bits per heavy atom. The Balaban J connectivity index is 2.48. The molecular weight excluding hydrogens is 354 g/mol. The van der Waals surface area contributed by atoms with Crippen molar-refractivity contribution in [1.29, 1.82) is 0 Å². The normalized spacial score (nSPS) is 23.3. The average molecular weight is 398 g/mol. The van der Waals surface area contributed by atoms with Crippen LogP contribution >= 0.6 is 0 Å². The van der Waals surface area contributed by atoms with Crippen molar-refractivity contribution in [3.63, 3.8) is 0 Å². The van der Waals surface area contributed by atoms with E-state index in [-0.39, 0.29) is 12.1 Å². The van der Waals surface area contributed by atoms with Gasteiger partial charge in [-0.25, -0.2) is 9.59 Å². The molecule has 1 N–H and O–H groups in total. The number of carbonyl (C=O) groups excluding carboxylic acids is 2. The molecule has 1 aliphatic rings. The fraction of sp³-hybridized carbons (Fsp3) is 0.913. The summed E-state index contributed by atoms with van der Waals surface area (Å²) in [4.78, 5) is 24.9. The zero-order valence-corrected chi connectivity index (χ0v) is 18.8. The van der Waals surface area contributed by atoms with Crippen molar-refractivity contribution in [2.24, 2.45) is 17.8 Å². The lowest BCUT2D eigenvalue weighted by Gasteiger charge is -2.36. The van der Waals surface area contributed by atoms with Crippen LogP contribution in [-0.2, 0) is 14.3 Å². The molecule has 1 fully saturated rings. The number of rotatable bonds is 12. The van der Waals surface area contributed by atoms with Crippen LogP contribution in [0.5, 0.6) is 0 Å². The molecule has 5 heteroatoms. The van der Waals surface area contributed by atoms with Crippen LogP contribution < -0.4 is 5.32 Å². The van der Waals surface area contributed by atoms with Gasteiger partial charge in [0, 0.05) is 0 Å². The zero-order valence-electron chi connectivity index (χ0n) is 18.8. The summed E-state index contributed by atoms with van der Waals surface area (Å²) in [5, 5.41) is 2.76. The highest BCUT2D eigenvalue weighted by Crippen LogP contribution is 2.35. The molecule has 164 valence electrons. The van der Waals surface area contributed by atoms with Gasteiger partial charge in [0.2, 0.25) is 0 Å². The van der Waals surface area contributed by atoms with E-state index in [0.717, 1.165) is 32.1 Å². The van der Waals surface area contributed by atoms with Crippen molar-refractivity contribution < 1.29 is 19.1 Å². The molecule has 0 heterocycles. The van der Waals surface area contributed by atoms with Gasteiger partial charge in [-0.2, -0.15) is 0 Å². The van der Waals surface area contributed by atoms with Crippen LogP contribution in [0.3, 0.4) is 0 Å². The average Bonchev–Trinajstić information content (AvgIpc) is 2.63. The smallest absolute Gasteiger partial charge is 0.408 e. The van der Waals surface area contributed by atoms with E-state index >= 15 is 0 Å². The highest BCUT2D eigenvalue weighted by molar-refractivity contribution is 5.81. The molecule has 1 amide bonds. The largest absolute Gasteiger partial charge is 0.464 e. The Hall–Kier alpha value is -1.26. The second kappa shape index (κ2) is 13.8. The first-order valence-corrected chi connectivity index (χ1v) is 11.5. The van der Waals surface area contributed by atoms with Gasteiger partial charge in [-0.05, 0) is 43.4 Å². The van der Waals surface area contributed by atoms with Crippen molar-refractivity contribution in [3.05, 3.63) is 0 Å². The van der Waals surface area contributed by atoms with Crippen molar-refractivity contribution in [2.75, 3.05) is 6.61 Å². The molecule has 0 radical (unpaired) electrons. The minimum atomic E-state index is -0.619. The monoisotopic (exact) mass is 397 g/mol. The Morgan fingerprint density at radius 3 is 2.39 bits per heavy atom. The van der Waals surface area contributed by atoms with Gasteiger partial charge in [0.05, 0.1) is 6.61 Å². The molecule has 0 aliphatic heterocycles. The lowest BCUT2D eigenvalue weighted by molar-refractivity contribution is -0.146. The van der Waals surface area contributed by atoms with Crippen LogP contribution in [0.2, 0.25) is 0 Å². The standard InChI is InChI=1S/C23H43NO4/c1-6-8-9-10-11-15-27-22(25)20(12-7-2)24-23(26)28-21-16-18(5)13-14-19(21)17(3)4/h17-21H,6-16H2,1-5H3,(H,24,26). The summed E-state index contributed by atoms with van der Waals surface area (Å²) in [7, 11) is 0. The number of unbranched alkanes of at least 4 members (excludes halogenated alkanes) is 4. The number of hydrogen-bond donors (Lipinski definition) is 1. The second-order valence-electron chi connectivity index (χ2n) is 8.84. The molecule has 0 aromatic rings. The summed E-state index contributed by atoms with van der Waals surface area (Å²) in [6.45, 7) is 11.2. The quantitative estimate of drug-likeness (QED) is 0.331. The summed E-state index contributed by atoms with van der Waals surface area (Å²) < 4.78 is 11.2. The maximum absolute atomic E-state index is 12.5. The highest BCUT2D eigenvalue weighted by atomic mass is 16.6. The molecule has 28 heavy (non-hydrogen) atoms. The van der Waals surface area contributed by atoms with Gasteiger partial charge in [0.25, 0.3) is 0 Å². The molecule has 0 aromatic carbocycles. The maximum Gasteiger partial charge on any atom is 0.408 e. The number of hydrogen-bond acceptors (Lipinski definition) is 4.